The van der Waals surface area contributed by atoms with Crippen LogP contribution < -0.4 is 5.32 Å². The molecule has 0 bridgehead atoms. The highest BCUT2D eigenvalue weighted by molar-refractivity contribution is 5.47. The molecule has 4 nitrogen and oxygen atoms in total. The minimum absolute atomic E-state index is 0.0862. The first-order valence-electron chi connectivity index (χ1n) is 5.76. The van der Waals surface area contributed by atoms with Crippen molar-refractivity contribution in [1.82, 2.24) is 14.9 Å². The molecule has 0 fully saturated rings. The molecule has 0 aliphatic carbocycles. The van der Waals surface area contributed by atoms with E-state index in [1.807, 2.05) is 0 Å². The number of hydrogen-bond donors (Lipinski definition) is 1. The third-order valence-corrected chi connectivity index (χ3v) is 2.75. The Labute approximate surface area is 113 Å². The highest BCUT2D eigenvalue weighted by Crippen LogP contribution is 2.34. The van der Waals surface area contributed by atoms with E-state index >= 15 is 0 Å². The van der Waals surface area contributed by atoms with Gasteiger partial charge in [0.05, 0.1) is 11.3 Å². The van der Waals surface area contributed by atoms with Gasteiger partial charge in [-0.05, 0) is 24.7 Å². The summed E-state index contributed by atoms with van der Waals surface area (Å²) in [6.07, 6.45) is -1.88. The van der Waals surface area contributed by atoms with Gasteiger partial charge < -0.3 is 5.32 Å². The number of alkyl halides is 3. The Hall–Kier alpha value is -2.33. The number of nitrogens with one attached hydrogen (secondary N) is 1. The molecular formula is C13H11F3N4. The third-order valence-electron chi connectivity index (χ3n) is 2.75. The predicted octanol–water partition coefficient (Wildman–Crippen LogP) is 2.48. The molecule has 0 aliphatic rings. The van der Waals surface area contributed by atoms with Gasteiger partial charge in [0.15, 0.2) is 0 Å². The topological polar surface area (TPSA) is 53.6 Å². The second-order valence-electron chi connectivity index (χ2n) is 4.11. The maximum absolute atomic E-state index is 13.2. The van der Waals surface area contributed by atoms with Gasteiger partial charge >= 0.3 is 6.18 Å². The summed E-state index contributed by atoms with van der Waals surface area (Å²) in [7, 11) is 1.66. The Balaban J connectivity index is 2.62. The van der Waals surface area contributed by atoms with Crippen LogP contribution >= 0.6 is 0 Å². The van der Waals surface area contributed by atoms with Crippen molar-refractivity contribution >= 4 is 0 Å². The molecule has 0 saturated heterocycles. The molecule has 0 amide bonds. The Morgan fingerprint density at radius 2 is 2.15 bits per heavy atom. The van der Waals surface area contributed by atoms with Gasteiger partial charge in [0.25, 0.3) is 0 Å². The number of halogens is 3. The van der Waals surface area contributed by atoms with Gasteiger partial charge in [-0.2, -0.15) is 18.4 Å². The van der Waals surface area contributed by atoms with Crippen molar-refractivity contribution in [2.24, 2.45) is 0 Å². The molecule has 0 aliphatic heterocycles. The molecular weight excluding hydrogens is 269 g/mol. The van der Waals surface area contributed by atoms with E-state index in [1.165, 1.54) is 18.5 Å². The molecule has 0 unspecified atom stereocenters. The molecule has 2 rings (SSSR count). The Morgan fingerprint density at radius 3 is 2.75 bits per heavy atom. The third kappa shape index (κ3) is 2.65. The molecule has 0 atom stereocenters. The van der Waals surface area contributed by atoms with Crippen molar-refractivity contribution < 1.29 is 13.2 Å². The number of imidazole rings is 1. The molecule has 7 heteroatoms. The molecule has 1 aromatic carbocycles. The molecule has 1 aromatic heterocycles. The zero-order chi connectivity index (χ0) is 14.8. The number of benzene rings is 1. The van der Waals surface area contributed by atoms with Crippen LogP contribution in [0, 0.1) is 11.3 Å². The van der Waals surface area contributed by atoms with Crippen LogP contribution in [0.3, 0.4) is 0 Å². The summed E-state index contributed by atoms with van der Waals surface area (Å²) >= 11 is 0. The molecule has 20 heavy (non-hydrogen) atoms. The van der Waals surface area contributed by atoms with Gasteiger partial charge in [-0.25, -0.2) is 4.98 Å². The first-order chi connectivity index (χ1) is 9.47. The number of nitriles is 1. The molecule has 104 valence electrons. The van der Waals surface area contributed by atoms with E-state index in [4.69, 9.17) is 5.26 Å². The minimum atomic E-state index is -4.50. The quantitative estimate of drug-likeness (QED) is 0.939. The maximum atomic E-state index is 13.2. The summed E-state index contributed by atoms with van der Waals surface area (Å²) in [4.78, 5) is 3.72. The van der Waals surface area contributed by atoms with Gasteiger partial charge in [0.1, 0.15) is 6.07 Å². The average molecular weight is 280 g/mol. The fraction of sp³-hybridized carbons (Fsp3) is 0.231. The summed E-state index contributed by atoms with van der Waals surface area (Å²) in [5.41, 5.74) is -0.381. The normalized spacial score (nSPS) is 11.3. The van der Waals surface area contributed by atoms with Gasteiger partial charge in [-0.3, -0.25) is 4.57 Å². The molecule has 0 radical (unpaired) electrons. The van der Waals surface area contributed by atoms with E-state index in [0.717, 1.165) is 10.6 Å². The smallest absolute Gasteiger partial charge is 0.316 e. The lowest BCUT2D eigenvalue weighted by Gasteiger charge is -2.15. The van der Waals surface area contributed by atoms with Crippen molar-refractivity contribution in [3.8, 4) is 11.8 Å². The summed E-state index contributed by atoms with van der Waals surface area (Å²) in [5, 5.41) is 11.7. The Morgan fingerprint density at radius 1 is 1.40 bits per heavy atom. The SMILES string of the molecule is CNCc1ccc(-n2ccnc2C#N)c(C(F)(F)F)c1. The van der Waals surface area contributed by atoms with Crippen LogP contribution in [0.5, 0.6) is 0 Å². The number of aromatic nitrogens is 2. The van der Waals surface area contributed by atoms with Crippen LogP contribution in [0.1, 0.15) is 17.0 Å². The number of rotatable bonds is 3. The average Bonchev–Trinajstić information content (AvgIpc) is 2.86. The molecule has 0 spiro atoms. The minimum Gasteiger partial charge on any atom is -0.316 e. The second-order valence-corrected chi connectivity index (χ2v) is 4.11. The van der Waals surface area contributed by atoms with E-state index in [0.29, 0.717) is 12.1 Å². The lowest BCUT2D eigenvalue weighted by molar-refractivity contribution is -0.137. The van der Waals surface area contributed by atoms with Gasteiger partial charge in [0.2, 0.25) is 5.82 Å². The predicted molar refractivity (Wildman–Crippen MR) is 66.0 cm³/mol. The van der Waals surface area contributed by atoms with Crippen molar-refractivity contribution in [2.75, 3.05) is 7.05 Å². The fourth-order valence-corrected chi connectivity index (χ4v) is 1.91. The van der Waals surface area contributed by atoms with Gasteiger partial charge in [0, 0.05) is 18.9 Å². The van der Waals surface area contributed by atoms with Gasteiger partial charge in [-0.1, -0.05) is 6.07 Å². The second kappa shape index (κ2) is 5.35. The monoisotopic (exact) mass is 280 g/mol. The van der Waals surface area contributed by atoms with Crippen LogP contribution in [0.15, 0.2) is 30.6 Å². The fourth-order valence-electron chi connectivity index (χ4n) is 1.91. The largest absolute Gasteiger partial charge is 0.418 e. The molecule has 1 N–H and O–H groups in total. The first-order valence-corrected chi connectivity index (χ1v) is 5.76. The summed E-state index contributed by atoms with van der Waals surface area (Å²) in [6, 6.07) is 5.77. The standard InChI is InChI=1S/C13H11F3N4/c1-18-8-9-2-3-11(10(6-9)13(14,15)16)20-5-4-19-12(20)7-17/h2-6,18H,8H2,1H3. The summed E-state index contributed by atoms with van der Waals surface area (Å²) in [5.74, 6) is -0.0862. The molecule has 2 aromatic rings. The highest BCUT2D eigenvalue weighted by Gasteiger charge is 2.34. The lowest BCUT2D eigenvalue weighted by Crippen LogP contribution is -2.13. The van der Waals surface area contributed by atoms with E-state index in [-0.39, 0.29) is 11.5 Å². The van der Waals surface area contributed by atoms with Crippen LogP contribution in [0.4, 0.5) is 13.2 Å². The van der Waals surface area contributed by atoms with Crippen LogP contribution in [-0.2, 0) is 12.7 Å². The molecule has 0 saturated carbocycles. The van der Waals surface area contributed by atoms with Gasteiger partial charge in [-0.15, -0.1) is 0 Å². The summed E-state index contributed by atoms with van der Waals surface area (Å²) in [6.45, 7) is 0.332. The van der Waals surface area contributed by atoms with Crippen molar-refractivity contribution in [3.05, 3.63) is 47.5 Å². The van der Waals surface area contributed by atoms with Crippen LogP contribution in [-0.4, -0.2) is 16.6 Å². The van der Waals surface area contributed by atoms with Crippen molar-refractivity contribution in [1.29, 1.82) is 5.26 Å². The lowest BCUT2D eigenvalue weighted by atomic mass is 10.1. The van der Waals surface area contributed by atoms with Crippen molar-refractivity contribution in [3.63, 3.8) is 0 Å². The summed E-state index contributed by atoms with van der Waals surface area (Å²) < 4.78 is 40.6. The van der Waals surface area contributed by atoms with E-state index in [9.17, 15) is 13.2 Å². The van der Waals surface area contributed by atoms with E-state index in [2.05, 4.69) is 10.3 Å². The Bertz CT molecular complexity index is 652. The highest BCUT2D eigenvalue weighted by atomic mass is 19.4. The maximum Gasteiger partial charge on any atom is 0.418 e. The number of nitrogens with zero attached hydrogens (tertiary/aromatic N) is 3. The first kappa shape index (κ1) is 14.1. The zero-order valence-electron chi connectivity index (χ0n) is 10.6. The Kier molecular flexibility index (Phi) is 3.77. The van der Waals surface area contributed by atoms with E-state index in [1.54, 1.807) is 19.2 Å². The van der Waals surface area contributed by atoms with E-state index < -0.39 is 11.7 Å². The number of hydrogen-bond acceptors (Lipinski definition) is 3. The van der Waals surface area contributed by atoms with Crippen molar-refractivity contribution in [2.45, 2.75) is 12.7 Å². The molecule has 1 heterocycles. The van der Waals surface area contributed by atoms with Crippen LogP contribution in [0.25, 0.3) is 5.69 Å². The zero-order valence-corrected chi connectivity index (χ0v) is 10.6. The van der Waals surface area contributed by atoms with Crippen LogP contribution in [0.2, 0.25) is 0 Å².